The van der Waals surface area contributed by atoms with Crippen molar-refractivity contribution in [3.8, 4) is 5.75 Å². The third-order valence-corrected chi connectivity index (χ3v) is 9.26. The number of ether oxygens (including phenoxy) is 1. The van der Waals surface area contributed by atoms with Gasteiger partial charge in [-0.15, -0.1) is 0 Å². The molecule has 7 heteroatoms. The van der Waals surface area contributed by atoms with Crippen LogP contribution in [0.25, 0.3) is 43.1 Å². The molecule has 0 radical (unpaired) electrons. The van der Waals surface area contributed by atoms with E-state index < -0.39 is 11.8 Å². The molecule has 0 saturated carbocycles. The molecule has 2 aliphatic rings. The smallest absolute Gasteiger partial charge is 0.265 e. The van der Waals surface area contributed by atoms with Crippen molar-refractivity contribution in [1.82, 2.24) is 0 Å². The number of carbonyl (C=O) groups excluding carboxylic acids is 4. The molecule has 7 aromatic rings. The summed E-state index contributed by atoms with van der Waals surface area (Å²) in [6, 6.07) is 28.9. The minimum absolute atomic E-state index is 0.370. The lowest BCUT2D eigenvalue weighted by molar-refractivity contribution is 0.0877. The lowest BCUT2D eigenvalue weighted by Crippen LogP contribution is -2.40. The van der Waals surface area contributed by atoms with Gasteiger partial charge in [0.2, 0.25) is 0 Å². The number of imide groups is 2. The molecule has 214 valence electrons. The number of hydrogen-bond donors (Lipinski definition) is 0. The first-order valence-electron chi connectivity index (χ1n) is 14.6. The molecule has 2 heterocycles. The number of carbonyl (C=O) groups is 4. The van der Waals surface area contributed by atoms with Gasteiger partial charge in [0.25, 0.3) is 23.6 Å². The topological polar surface area (TPSA) is 84.0 Å². The molecule has 9 rings (SSSR count). The SMILES string of the molecule is COc1ccc(N2C(=O)c3ccc4c5ccc6c7c(ccc(c8ccc(c3c48)C2=O)c75)C(=O)N(c2ccc(C)cc2)C6=O)cc1. The molecule has 0 fully saturated rings. The van der Waals surface area contributed by atoms with Crippen LogP contribution in [0.3, 0.4) is 0 Å². The minimum Gasteiger partial charge on any atom is -0.497 e. The molecule has 2 aliphatic heterocycles. The summed E-state index contributed by atoms with van der Waals surface area (Å²) in [5.74, 6) is -0.911. The summed E-state index contributed by atoms with van der Waals surface area (Å²) >= 11 is 0. The van der Waals surface area contributed by atoms with E-state index in [1.165, 1.54) is 9.80 Å². The van der Waals surface area contributed by atoms with Crippen LogP contribution in [0, 0.1) is 6.92 Å². The molecule has 4 amide bonds. The van der Waals surface area contributed by atoms with Crippen molar-refractivity contribution in [1.29, 1.82) is 0 Å². The van der Waals surface area contributed by atoms with Gasteiger partial charge in [-0.05, 0) is 99.9 Å². The molecule has 0 N–H and O–H groups in total. The summed E-state index contributed by atoms with van der Waals surface area (Å²) in [4.78, 5) is 58.0. The van der Waals surface area contributed by atoms with Crippen LogP contribution in [-0.4, -0.2) is 30.7 Å². The number of nitrogens with zero attached hydrogens (tertiary/aromatic N) is 2. The van der Waals surface area contributed by atoms with Crippen molar-refractivity contribution < 1.29 is 23.9 Å². The lowest BCUT2D eigenvalue weighted by Gasteiger charge is -2.30. The van der Waals surface area contributed by atoms with Crippen molar-refractivity contribution in [2.75, 3.05) is 16.9 Å². The molecule has 7 nitrogen and oxygen atoms in total. The molecule has 0 aromatic heterocycles. The highest BCUT2D eigenvalue weighted by atomic mass is 16.5. The van der Waals surface area contributed by atoms with Gasteiger partial charge >= 0.3 is 0 Å². The van der Waals surface area contributed by atoms with Gasteiger partial charge in [-0.2, -0.15) is 0 Å². The van der Waals surface area contributed by atoms with Gasteiger partial charge in [-0.3, -0.25) is 19.2 Å². The molecule has 0 bridgehead atoms. The Morgan fingerprint density at radius 1 is 0.422 bits per heavy atom. The highest BCUT2D eigenvalue weighted by Gasteiger charge is 2.37. The molecule has 45 heavy (non-hydrogen) atoms. The van der Waals surface area contributed by atoms with Gasteiger partial charge in [0, 0.05) is 33.0 Å². The Morgan fingerprint density at radius 2 is 0.756 bits per heavy atom. The van der Waals surface area contributed by atoms with Crippen LogP contribution in [0.1, 0.15) is 47.0 Å². The molecule has 7 aromatic carbocycles. The van der Waals surface area contributed by atoms with Crippen molar-refractivity contribution in [2.24, 2.45) is 0 Å². The first kappa shape index (κ1) is 25.4. The Balaban J connectivity index is 1.29. The summed E-state index contributed by atoms with van der Waals surface area (Å²) in [7, 11) is 1.56. The number of hydrogen-bond acceptors (Lipinski definition) is 5. The lowest BCUT2D eigenvalue weighted by atomic mass is 9.82. The van der Waals surface area contributed by atoms with Gasteiger partial charge in [0.1, 0.15) is 5.75 Å². The van der Waals surface area contributed by atoms with Gasteiger partial charge < -0.3 is 4.74 Å². The van der Waals surface area contributed by atoms with Crippen molar-refractivity contribution >= 4 is 78.1 Å². The maximum Gasteiger partial charge on any atom is 0.265 e. The Hall–Kier alpha value is -6.08. The van der Waals surface area contributed by atoms with Crippen LogP contribution in [0.4, 0.5) is 11.4 Å². The number of aryl methyl sites for hydroxylation is 1. The second-order valence-electron chi connectivity index (χ2n) is 11.6. The normalized spacial score (nSPS) is 14.5. The quantitative estimate of drug-likeness (QED) is 0.121. The van der Waals surface area contributed by atoms with Crippen LogP contribution in [-0.2, 0) is 0 Å². The summed E-state index contributed by atoms with van der Waals surface area (Å²) in [5.41, 5.74) is 3.81. The fourth-order valence-electron chi connectivity index (χ4n) is 7.16. The number of benzene rings is 7. The standard InChI is InChI=1S/C38H22N2O5/c1-19-3-5-20(6-4-19)39-35(41)27-15-11-23-25-13-17-29-34-30(38(44)40(37(29)43)21-7-9-22(45-2)10-8-21)18-14-26(32(25)34)24-12-16-28(36(39)42)33(27)31(23)24/h3-18H,1-2H3. The van der Waals surface area contributed by atoms with Crippen LogP contribution >= 0.6 is 0 Å². The third kappa shape index (κ3) is 3.19. The maximum atomic E-state index is 13.9. The maximum absolute atomic E-state index is 13.9. The van der Waals surface area contributed by atoms with Crippen LogP contribution in [0.2, 0.25) is 0 Å². The number of amides is 4. The van der Waals surface area contributed by atoms with E-state index in [9.17, 15) is 19.2 Å². The van der Waals surface area contributed by atoms with Gasteiger partial charge in [-0.25, -0.2) is 9.80 Å². The Kier molecular flexibility index (Phi) is 4.94. The van der Waals surface area contributed by atoms with E-state index in [4.69, 9.17) is 4.74 Å². The highest BCUT2D eigenvalue weighted by molar-refractivity contribution is 6.45. The predicted molar refractivity (Wildman–Crippen MR) is 174 cm³/mol. The summed E-state index contributed by atoms with van der Waals surface area (Å²) < 4.78 is 5.25. The number of anilines is 2. The molecule has 0 atom stereocenters. The first-order chi connectivity index (χ1) is 21.9. The minimum atomic E-state index is -0.398. The third-order valence-electron chi connectivity index (χ3n) is 9.26. The largest absolute Gasteiger partial charge is 0.497 e. The Morgan fingerprint density at radius 3 is 1.09 bits per heavy atom. The first-order valence-corrected chi connectivity index (χ1v) is 14.6. The molecule has 0 spiro atoms. The van der Waals surface area contributed by atoms with E-state index in [0.29, 0.717) is 50.2 Å². The van der Waals surface area contributed by atoms with Gasteiger partial charge in [-0.1, -0.05) is 42.0 Å². The molecule has 0 aliphatic carbocycles. The van der Waals surface area contributed by atoms with E-state index in [0.717, 1.165) is 37.9 Å². The van der Waals surface area contributed by atoms with Crippen LogP contribution < -0.4 is 14.5 Å². The summed E-state index contributed by atoms with van der Waals surface area (Å²) in [6.07, 6.45) is 0. The fraction of sp³-hybridized carbons (Fsp3) is 0.0526. The van der Waals surface area contributed by atoms with E-state index >= 15 is 0 Å². The van der Waals surface area contributed by atoms with Gasteiger partial charge in [0.05, 0.1) is 18.5 Å². The Bertz CT molecular complexity index is 2380. The molecular formula is C38H22N2O5. The summed E-state index contributed by atoms with van der Waals surface area (Å²) in [6.45, 7) is 1.96. The van der Waals surface area contributed by atoms with E-state index in [-0.39, 0.29) is 11.8 Å². The van der Waals surface area contributed by atoms with E-state index in [2.05, 4.69) is 0 Å². The zero-order valence-electron chi connectivity index (χ0n) is 24.2. The molecule has 0 saturated heterocycles. The highest BCUT2D eigenvalue weighted by Crippen LogP contribution is 2.47. The van der Waals surface area contributed by atoms with Crippen molar-refractivity contribution in [3.05, 3.63) is 125 Å². The fourth-order valence-corrected chi connectivity index (χ4v) is 7.16. The molecular weight excluding hydrogens is 564 g/mol. The zero-order valence-corrected chi connectivity index (χ0v) is 24.2. The average molecular weight is 587 g/mol. The zero-order chi connectivity index (χ0) is 30.7. The van der Waals surface area contributed by atoms with Crippen LogP contribution in [0.5, 0.6) is 5.75 Å². The number of methoxy groups -OCH3 is 1. The van der Waals surface area contributed by atoms with E-state index in [1.54, 1.807) is 67.8 Å². The van der Waals surface area contributed by atoms with Crippen molar-refractivity contribution in [2.45, 2.75) is 6.92 Å². The predicted octanol–water partition coefficient (Wildman–Crippen LogP) is 7.66. The number of fused-ring (bicyclic) bond motifs is 2. The second kappa shape index (κ2) is 8.74. The second-order valence-corrected chi connectivity index (χ2v) is 11.6. The van der Waals surface area contributed by atoms with Crippen LogP contribution in [0.15, 0.2) is 97.1 Å². The Labute approximate surface area is 256 Å². The van der Waals surface area contributed by atoms with Gasteiger partial charge in [0.15, 0.2) is 0 Å². The number of rotatable bonds is 3. The summed E-state index contributed by atoms with van der Waals surface area (Å²) in [5, 5.41) is 6.27. The molecule has 0 unspecified atom stereocenters. The van der Waals surface area contributed by atoms with E-state index in [1.807, 2.05) is 43.3 Å². The van der Waals surface area contributed by atoms with Crippen molar-refractivity contribution in [3.63, 3.8) is 0 Å². The monoisotopic (exact) mass is 586 g/mol. The average Bonchev–Trinajstić information content (AvgIpc) is 3.06.